The Kier molecular flexibility index (Phi) is 5.51. The van der Waals surface area contributed by atoms with Gasteiger partial charge in [-0.05, 0) is 67.4 Å². The molecule has 0 bridgehead atoms. The maximum absolute atomic E-state index is 12.0. The highest BCUT2D eigenvalue weighted by Crippen LogP contribution is 2.28. The monoisotopic (exact) mass is 367 g/mol. The molecule has 0 aliphatic carbocycles. The maximum Gasteiger partial charge on any atom is 0.336 e. The summed E-state index contributed by atoms with van der Waals surface area (Å²) in [5.41, 5.74) is 4.68. The van der Waals surface area contributed by atoms with E-state index in [-0.39, 0.29) is 5.63 Å². The number of hydrogen-bond acceptors (Lipinski definition) is 5. The zero-order chi connectivity index (χ0) is 19.6. The topological polar surface area (TPSA) is 51.9 Å². The molecule has 27 heavy (non-hydrogen) atoms. The minimum atomic E-state index is -0.319. The summed E-state index contributed by atoms with van der Waals surface area (Å²) in [4.78, 5) is 14.1. The van der Waals surface area contributed by atoms with Crippen molar-refractivity contribution >= 4 is 11.0 Å². The number of nitrogens with zero attached hydrogens (tertiary/aromatic N) is 1. The quantitative estimate of drug-likeness (QED) is 0.615. The van der Waals surface area contributed by atoms with Gasteiger partial charge in [0.15, 0.2) is 11.5 Å². The highest BCUT2D eigenvalue weighted by Gasteiger charge is 2.11. The molecule has 2 aromatic carbocycles. The van der Waals surface area contributed by atoms with Crippen molar-refractivity contribution in [3.63, 3.8) is 0 Å². The Morgan fingerprint density at radius 2 is 1.63 bits per heavy atom. The summed E-state index contributed by atoms with van der Waals surface area (Å²) >= 11 is 0. The van der Waals surface area contributed by atoms with Crippen LogP contribution in [0.25, 0.3) is 11.0 Å². The Morgan fingerprint density at radius 1 is 0.926 bits per heavy atom. The Balaban J connectivity index is 1.87. The molecule has 0 unspecified atom stereocenters. The summed E-state index contributed by atoms with van der Waals surface area (Å²) in [7, 11) is 5.28. The van der Waals surface area contributed by atoms with E-state index < -0.39 is 0 Å². The van der Waals surface area contributed by atoms with Crippen molar-refractivity contribution in [3.05, 3.63) is 69.1 Å². The van der Waals surface area contributed by atoms with Crippen LogP contribution in [0.2, 0.25) is 0 Å². The molecule has 0 atom stereocenters. The molecule has 0 radical (unpaired) electrons. The summed E-state index contributed by atoms with van der Waals surface area (Å²) in [5, 5.41) is 0.983. The number of aryl methyl sites for hydroxylation is 2. The maximum atomic E-state index is 12.0. The standard InChI is InChI=1S/C22H25NO4/c1-14-8-18-17(11-22(24)27-20(18)9-15(14)2)13-23(3)12-16-6-7-19(25-4)21(10-16)26-5/h6-11H,12-13H2,1-5H3. The summed E-state index contributed by atoms with van der Waals surface area (Å²) in [6.07, 6.45) is 0. The fraction of sp³-hybridized carbons (Fsp3) is 0.318. The highest BCUT2D eigenvalue weighted by molar-refractivity contribution is 5.81. The van der Waals surface area contributed by atoms with Crippen molar-refractivity contribution in [1.82, 2.24) is 4.90 Å². The van der Waals surface area contributed by atoms with Gasteiger partial charge < -0.3 is 13.9 Å². The van der Waals surface area contributed by atoms with Crippen LogP contribution in [-0.4, -0.2) is 26.2 Å². The van der Waals surface area contributed by atoms with Gasteiger partial charge in [0.25, 0.3) is 0 Å². The van der Waals surface area contributed by atoms with E-state index in [1.807, 2.05) is 38.2 Å². The lowest BCUT2D eigenvalue weighted by molar-refractivity contribution is 0.316. The molecule has 5 heteroatoms. The van der Waals surface area contributed by atoms with E-state index in [0.29, 0.717) is 30.2 Å². The van der Waals surface area contributed by atoms with Crippen LogP contribution in [0, 0.1) is 13.8 Å². The molecule has 0 fully saturated rings. The van der Waals surface area contributed by atoms with Crippen LogP contribution >= 0.6 is 0 Å². The fourth-order valence-corrected chi connectivity index (χ4v) is 3.25. The second-order valence-electron chi connectivity index (χ2n) is 6.88. The Labute approximate surface area is 159 Å². The van der Waals surface area contributed by atoms with Crippen LogP contribution in [0.4, 0.5) is 0 Å². The molecule has 0 amide bonds. The van der Waals surface area contributed by atoms with E-state index in [1.54, 1.807) is 20.3 Å². The predicted octanol–water partition coefficient (Wildman–Crippen LogP) is 4.06. The Hall–Kier alpha value is -2.79. The van der Waals surface area contributed by atoms with Gasteiger partial charge in [0, 0.05) is 24.5 Å². The van der Waals surface area contributed by atoms with Crippen LogP contribution in [-0.2, 0) is 13.1 Å². The van der Waals surface area contributed by atoms with Crippen molar-refractivity contribution in [3.8, 4) is 11.5 Å². The van der Waals surface area contributed by atoms with Gasteiger partial charge in [-0.15, -0.1) is 0 Å². The van der Waals surface area contributed by atoms with Crippen molar-refractivity contribution in [2.75, 3.05) is 21.3 Å². The Morgan fingerprint density at radius 3 is 2.33 bits per heavy atom. The van der Waals surface area contributed by atoms with Gasteiger partial charge in [-0.2, -0.15) is 0 Å². The Bertz CT molecular complexity index is 1020. The van der Waals surface area contributed by atoms with Crippen LogP contribution in [0.3, 0.4) is 0 Å². The minimum Gasteiger partial charge on any atom is -0.493 e. The lowest BCUT2D eigenvalue weighted by atomic mass is 10.0. The van der Waals surface area contributed by atoms with E-state index in [4.69, 9.17) is 13.9 Å². The molecule has 0 saturated heterocycles. The largest absolute Gasteiger partial charge is 0.493 e. The molecule has 1 aromatic heterocycles. The van der Waals surface area contributed by atoms with Crippen LogP contribution < -0.4 is 15.1 Å². The lowest BCUT2D eigenvalue weighted by Crippen LogP contribution is -2.18. The number of benzene rings is 2. The molecule has 0 N–H and O–H groups in total. The number of methoxy groups -OCH3 is 2. The number of hydrogen-bond donors (Lipinski definition) is 0. The zero-order valence-corrected chi connectivity index (χ0v) is 16.5. The van der Waals surface area contributed by atoms with E-state index in [2.05, 4.69) is 17.9 Å². The van der Waals surface area contributed by atoms with Crippen LogP contribution in [0.1, 0.15) is 22.3 Å². The first-order chi connectivity index (χ1) is 12.9. The number of ether oxygens (including phenoxy) is 2. The van der Waals surface area contributed by atoms with Crippen LogP contribution in [0.5, 0.6) is 11.5 Å². The molecule has 0 aliphatic rings. The van der Waals surface area contributed by atoms with Gasteiger partial charge >= 0.3 is 5.63 Å². The molecule has 3 aromatic rings. The van der Waals surface area contributed by atoms with Gasteiger partial charge in [0.05, 0.1) is 14.2 Å². The molecule has 0 aliphatic heterocycles. The SMILES string of the molecule is COc1ccc(CN(C)Cc2cc(=O)oc3cc(C)c(C)cc23)cc1OC. The molecule has 0 saturated carbocycles. The molecular formula is C22H25NO4. The zero-order valence-electron chi connectivity index (χ0n) is 16.5. The normalized spacial score (nSPS) is 11.2. The van der Waals surface area contributed by atoms with Crippen molar-refractivity contribution in [1.29, 1.82) is 0 Å². The molecule has 3 rings (SSSR count). The van der Waals surface area contributed by atoms with Crippen molar-refractivity contribution in [2.24, 2.45) is 0 Å². The fourth-order valence-electron chi connectivity index (χ4n) is 3.25. The van der Waals surface area contributed by atoms with Crippen molar-refractivity contribution < 1.29 is 13.9 Å². The third-order valence-corrected chi connectivity index (χ3v) is 4.79. The lowest BCUT2D eigenvalue weighted by Gasteiger charge is -2.19. The first-order valence-corrected chi connectivity index (χ1v) is 8.84. The predicted molar refractivity (Wildman–Crippen MR) is 107 cm³/mol. The third-order valence-electron chi connectivity index (χ3n) is 4.79. The number of fused-ring (bicyclic) bond motifs is 1. The minimum absolute atomic E-state index is 0.319. The molecular weight excluding hydrogens is 342 g/mol. The summed E-state index contributed by atoms with van der Waals surface area (Å²) < 4.78 is 16.1. The first-order valence-electron chi connectivity index (χ1n) is 8.84. The smallest absolute Gasteiger partial charge is 0.336 e. The van der Waals surface area contributed by atoms with E-state index >= 15 is 0 Å². The summed E-state index contributed by atoms with van der Waals surface area (Å²) in [6.45, 7) is 5.44. The van der Waals surface area contributed by atoms with Crippen molar-refractivity contribution in [2.45, 2.75) is 26.9 Å². The van der Waals surface area contributed by atoms with Gasteiger partial charge in [-0.1, -0.05) is 6.07 Å². The average molecular weight is 367 g/mol. The first kappa shape index (κ1) is 19.0. The molecule has 142 valence electrons. The van der Waals surface area contributed by atoms with Crippen LogP contribution in [0.15, 0.2) is 45.6 Å². The van der Waals surface area contributed by atoms with Gasteiger partial charge in [-0.3, -0.25) is 4.90 Å². The van der Waals surface area contributed by atoms with Gasteiger partial charge in [0.1, 0.15) is 5.58 Å². The highest BCUT2D eigenvalue weighted by atomic mass is 16.5. The van der Waals surface area contributed by atoms with E-state index in [9.17, 15) is 4.79 Å². The second-order valence-corrected chi connectivity index (χ2v) is 6.88. The number of rotatable bonds is 6. The van der Waals surface area contributed by atoms with E-state index in [0.717, 1.165) is 22.1 Å². The van der Waals surface area contributed by atoms with Gasteiger partial charge in [0.2, 0.25) is 0 Å². The third kappa shape index (κ3) is 4.14. The molecule has 1 heterocycles. The molecule has 0 spiro atoms. The summed E-state index contributed by atoms with van der Waals surface area (Å²) in [6, 6.07) is 11.5. The molecule has 5 nitrogen and oxygen atoms in total. The van der Waals surface area contributed by atoms with E-state index in [1.165, 1.54) is 5.56 Å². The summed E-state index contributed by atoms with van der Waals surface area (Å²) in [5.74, 6) is 1.42. The average Bonchev–Trinajstić information content (AvgIpc) is 2.63. The second kappa shape index (κ2) is 7.84. The van der Waals surface area contributed by atoms with Gasteiger partial charge in [-0.25, -0.2) is 4.79 Å².